The van der Waals surface area contributed by atoms with Crippen LogP contribution >= 0.6 is 0 Å². The van der Waals surface area contributed by atoms with Crippen LogP contribution in [0.1, 0.15) is 43.0 Å². The van der Waals surface area contributed by atoms with E-state index < -0.39 is 0 Å². The van der Waals surface area contributed by atoms with Gasteiger partial charge in [-0.3, -0.25) is 0 Å². The van der Waals surface area contributed by atoms with E-state index in [-0.39, 0.29) is 0 Å². The van der Waals surface area contributed by atoms with Crippen LogP contribution < -0.4 is 5.32 Å². The largest absolute Gasteiger partial charge is 0.358 e. The predicted molar refractivity (Wildman–Crippen MR) is 79.6 cm³/mol. The van der Waals surface area contributed by atoms with Crippen molar-refractivity contribution in [2.45, 2.75) is 57.5 Å². The Labute approximate surface area is 114 Å². The summed E-state index contributed by atoms with van der Waals surface area (Å²) in [5, 5.41) is 5.27. The summed E-state index contributed by atoms with van der Waals surface area (Å²) in [6.07, 6.45) is 7.59. The summed E-state index contributed by atoms with van der Waals surface area (Å²) in [7, 11) is 0. The predicted octanol–water partition coefficient (Wildman–Crippen LogP) is 3.34. The number of rotatable bonds is 3. The zero-order valence-electron chi connectivity index (χ0n) is 11.6. The minimum Gasteiger partial charge on any atom is -0.358 e. The number of hydrogen-bond donors (Lipinski definition) is 2. The summed E-state index contributed by atoms with van der Waals surface area (Å²) < 4.78 is 0. The number of H-pyrrole nitrogens is 1. The van der Waals surface area contributed by atoms with E-state index >= 15 is 0 Å². The molecule has 1 unspecified atom stereocenters. The Morgan fingerprint density at radius 3 is 2.89 bits per heavy atom. The third-order valence-corrected chi connectivity index (χ3v) is 4.74. The van der Waals surface area contributed by atoms with Crippen LogP contribution in [0.2, 0.25) is 0 Å². The van der Waals surface area contributed by atoms with Crippen molar-refractivity contribution < 1.29 is 0 Å². The Kier molecular flexibility index (Phi) is 2.66. The number of aromatic amines is 1. The average Bonchev–Trinajstić information content (AvgIpc) is 3.17. The summed E-state index contributed by atoms with van der Waals surface area (Å²) >= 11 is 0. The van der Waals surface area contributed by atoms with Crippen LogP contribution in [-0.4, -0.2) is 17.1 Å². The van der Waals surface area contributed by atoms with Crippen LogP contribution in [0, 0.1) is 0 Å². The number of nitrogens with one attached hydrogen (secondary N) is 2. The van der Waals surface area contributed by atoms with E-state index in [0.717, 1.165) is 12.5 Å². The topological polar surface area (TPSA) is 27.8 Å². The second-order valence-corrected chi connectivity index (χ2v) is 6.16. The first-order valence-electron chi connectivity index (χ1n) is 7.72. The molecule has 1 saturated carbocycles. The molecule has 0 saturated heterocycles. The lowest BCUT2D eigenvalue weighted by molar-refractivity contribution is 0.455. The normalized spacial score (nSPS) is 22.7. The molecule has 1 atom stereocenters. The quantitative estimate of drug-likeness (QED) is 0.864. The molecule has 100 valence electrons. The highest BCUT2D eigenvalue weighted by Crippen LogP contribution is 2.32. The molecule has 1 fully saturated rings. The van der Waals surface area contributed by atoms with Gasteiger partial charge in [0.15, 0.2) is 0 Å². The van der Waals surface area contributed by atoms with E-state index in [1.165, 1.54) is 54.3 Å². The molecule has 19 heavy (non-hydrogen) atoms. The van der Waals surface area contributed by atoms with Crippen LogP contribution in [0.5, 0.6) is 0 Å². The van der Waals surface area contributed by atoms with Gasteiger partial charge in [-0.25, -0.2) is 0 Å². The number of fused-ring (bicyclic) bond motifs is 3. The van der Waals surface area contributed by atoms with Crippen molar-refractivity contribution in [1.82, 2.24) is 10.3 Å². The summed E-state index contributed by atoms with van der Waals surface area (Å²) in [6.45, 7) is 2.24. The standard InChI is InChI=1S/C17H22N2/c1-2-11-4-3-5-14-15-10-13(18-12-6-7-12)8-9-16(15)19-17(11)14/h3-5,12-13,18-19H,2,6-10H2,1H3. The molecule has 2 aliphatic carbocycles. The Hall–Kier alpha value is -1.28. The molecule has 1 aromatic heterocycles. The van der Waals surface area contributed by atoms with Crippen molar-refractivity contribution in [2.75, 3.05) is 0 Å². The van der Waals surface area contributed by atoms with Crippen molar-refractivity contribution in [2.24, 2.45) is 0 Å². The molecule has 1 heterocycles. The van der Waals surface area contributed by atoms with Gasteiger partial charge in [0.2, 0.25) is 0 Å². The van der Waals surface area contributed by atoms with Crippen molar-refractivity contribution in [1.29, 1.82) is 0 Å². The highest BCUT2D eigenvalue weighted by molar-refractivity contribution is 5.87. The minimum atomic E-state index is 0.698. The van der Waals surface area contributed by atoms with Gasteiger partial charge in [-0.15, -0.1) is 0 Å². The smallest absolute Gasteiger partial charge is 0.0491 e. The van der Waals surface area contributed by atoms with Gasteiger partial charge in [0, 0.05) is 28.7 Å². The summed E-state index contributed by atoms with van der Waals surface area (Å²) in [4.78, 5) is 3.70. The Balaban J connectivity index is 1.72. The lowest BCUT2D eigenvalue weighted by Gasteiger charge is -2.23. The number of para-hydroxylation sites is 1. The molecular formula is C17H22N2. The van der Waals surface area contributed by atoms with Crippen LogP contribution in [0.3, 0.4) is 0 Å². The number of aromatic nitrogens is 1. The van der Waals surface area contributed by atoms with E-state index in [9.17, 15) is 0 Å². The average molecular weight is 254 g/mol. The van der Waals surface area contributed by atoms with E-state index in [1.54, 1.807) is 5.56 Å². The molecule has 2 heteroatoms. The number of hydrogen-bond acceptors (Lipinski definition) is 1. The Morgan fingerprint density at radius 1 is 1.21 bits per heavy atom. The third kappa shape index (κ3) is 1.99. The fraction of sp³-hybridized carbons (Fsp3) is 0.529. The lowest BCUT2D eigenvalue weighted by atomic mass is 9.91. The van der Waals surface area contributed by atoms with Crippen molar-refractivity contribution >= 4 is 10.9 Å². The van der Waals surface area contributed by atoms with E-state index in [1.807, 2.05) is 0 Å². The molecule has 2 aliphatic rings. The molecule has 0 amide bonds. The molecule has 0 radical (unpaired) electrons. The maximum absolute atomic E-state index is 3.80. The van der Waals surface area contributed by atoms with Gasteiger partial charge in [-0.2, -0.15) is 0 Å². The fourth-order valence-electron chi connectivity index (χ4n) is 3.52. The van der Waals surface area contributed by atoms with Crippen molar-refractivity contribution in [3.05, 3.63) is 35.0 Å². The number of benzene rings is 1. The van der Waals surface area contributed by atoms with E-state index in [4.69, 9.17) is 0 Å². The van der Waals surface area contributed by atoms with E-state index in [2.05, 4.69) is 35.4 Å². The molecule has 0 bridgehead atoms. The zero-order valence-corrected chi connectivity index (χ0v) is 11.6. The Morgan fingerprint density at radius 2 is 2.11 bits per heavy atom. The van der Waals surface area contributed by atoms with Crippen LogP contribution in [0.4, 0.5) is 0 Å². The van der Waals surface area contributed by atoms with Gasteiger partial charge in [-0.05, 0) is 49.7 Å². The summed E-state index contributed by atoms with van der Waals surface area (Å²) in [5.41, 5.74) is 5.92. The van der Waals surface area contributed by atoms with Crippen LogP contribution in [0.25, 0.3) is 10.9 Å². The second kappa shape index (κ2) is 4.38. The molecule has 2 aromatic rings. The molecular weight excluding hydrogens is 232 g/mol. The van der Waals surface area contributed by atoms with E-state index in [0.29, 0.717) is 6.04 Å². The summed E-state index contributed by atoms with van der Waals surface area (Å²) in [5.74, 6) is 0. The first-order chi connectivity index (χ1) is 9.35. The lowest BCUT2D eigenvalue weighted by Crippen LogP contribution is -2.35. The van der Waals surface area contributed by atoms with Gasteiger partial charge < -0.3 is 10.3 Å². The third-order valence-electron chi connectivity index (χ3n) is 4.74. The highest BCUT2D eigenvalue weighted by atomic mass is 15.0. The first-order valence-corrected chi connectivity index (χ1v) is 7.72. The number of aryl methyl sites for hydroxylation is 2. The molecule has 0 spiro atoms. The van der Waals surface area contributed by atoms with Gasteiger partial charge >= 0.3 is 0 Å². The maximum atomic E-state index is 3.80. The second-order valence-electron chi connectivity index (χ2n) is 6.16. The van der Waals surface area contributed by atoms with Crippen LogP contribution in [0.15, 0.2) is 18.2 Å². The molecule has 1 aromatic carbocycles. The molecule has 4 rings (SSSR count). The van der Waals surface area contributed by atoms with Gasteiger partial charge in [0.25, 0.3) is 0 Å². The molecule has 0 aliphatic heterocycles. The summed E-state index contributed by atoms with van der Waals surface area (Å²) in [6, 6.07) is 8.29. The first kappa shape index (κ1) is 11.5. The fourth-order valence-corrected chi connectivity index (χ4v) is 3.52. The van der Waals surface area contributed by atoms with Crippen molar-refractivity contribution in [3.63, 3.8) is 0 Å². The minimum absolute atomic E-state index is 0.698. The van der Waals surface area contributed by atoms with Gasteiger partial charge in [0.05, 0.1) is 0 Å². The molecule has 2 nitrogen and oxygen atoms in total. The van der Waals surface area contributed by atoms with Crippen LogP contribution in [-0.2, 0) is 19.3 Å². The zero-order chi connectivity index (χ0) is 12.8. The maximum Gasteiger partial charge on any atom is 0.0491 e. The molecule has 2 N–H and O–H groups in total. The van der Waals surface area contributed by atoms with Gasteiger partial charge in [0.1, 0.15) is 0 Å². The Bertz CT molecular complexity index is 607. The monoisotopic (exact) mass is 254 g/mol. The van der Waals surface area contributed by atoms with Gasteiger partial charge in [-0.1, -0.05) is 25.1 Å². The van der Waals surface area contributed by atoms with Crippen molar-refractivity contribution in [3.8, 4) is 0 Å². The SMILES string of the molecule is CCc1cccc2c3c([nH]c12)CCC(NC1CC1)C3. The highest BCUT2D eigenvalue weighted by Gasteiger charge is 2.28.